The summed E-state index contributed by atoms with van der Waals surface area (Å²) in [4.78, 5) is 21.3. The maximum Gasteiger partial charge on any atom is 0.165 e. The standard InChI is InChI=1S/C21H23N7/c1-2-26-16-7-4-3-6-15(16)25-19(26)17-8-5-11-27(17)20-18-21(23-12-22-20)28(13-24-18)14-9-10-14/h3-4,6-7,12-14,17H,2,5,8-11H2,1H3. The highest BCUT2D eigenvalue weighted by molar-refractivity contribution is 5.84. The molecule has 0 bridgehead atoms. The van der Waals surface area contributed by atoms with Crippen molar-refractivity contribution in [3.05, 3.63) is 42.7 Å². The third kappa shape index (κ3) is 2.28. The first-order valence-corrected chi connectivity index (χ1v) is 10.2. The molecule has 1 saturated carbocycles. The summed E-state index contributed by atoms with van der Waals surface area (Å²) in [5.74, 6) is 2.08. The van der Waals surface area contributed by atoms with Crippen LogP contribution in [0.5, 0.6) is 0 Å². The quantitative estimate of drug-likeness (QED) is 0.543. The van der Waals surface area contributed by atoms with Crippen molar-refractivity contribution in [2.24, 2.45) is 0 Å². The summed E-state index contributed by atoms with van der Waals surface area (Å²) in [5.41, 5.74) is 4.15. The van der Waals surface area contributed by atoms with Crippen LogP contribution in [0.3, 0.4) is 0 Å². The first-order chi connectivity index (χ1) is 13.8. The minimum absolute atomic E-state index is 0.219. The van der Waals surface area contributed by atoms with Gasteiger partial charge in [0.05, 0.1) is 23.4 Å². The zero-order chi connectivity index (χ0) is 18.7. The lowest BCUT2D eigenvalue weighted by Gasteiger charge is -2.26. The highest BCUT2D eigenvalue weighted by Crippen LogP contribution is 2.40. The molecule has 0 radical (unpaired) electrons. The Morgan fingerprint density at radius 3 is 2.82 bits per heavy atom. The predicted molar refractivity (Wildman–Crippen MR) is 108 cm³/mol. The van der Waals surface area contributed by atoms with E-state index in [2.05, 4.69) is 55.2 Å². The van der Waals surface area contributed by atoms with Gasteiger partial charge in [-0.3, -0.25) is 0 Å². The van der Waals surface area contributed by atoms with E-state index in [1.54, 1.807) is 6.33 Å². The molecule has 1 aromatic carbocycles. The lowest BCUT2D eigenvalue weighted by atomic mass is 10.2. The molecule has 4 aromatic rings. The van der Waals surface area contributed by atoms with Crippen LogP contribution in [-0.4, -0.2) is 35.6 Å². The Bertz CT molecular complexity index is 1170. The Labute approximate surface area is 163 Å². The van der Waals surface area contributed by atoms with E-state index in [4.69, 9.17) is 9.97 Å². The van der Waals surface area contributed by atoms with Crippen LogP contribution in [-0.2, 0) is 6.54 Å². The van der Waals surface area contributed by atoms with Crippen molar-refractivity contribution in [3.8, 4) is 0 Å². The molecule has 1 atom stereocenters. The average Bonchev–Trinajstić information content (AvgIpc) is 3.17. The van der Waals surface area contributed by atoms with Crippen LogP contribution < -0.4 is 4.90 Å². The maximum atomic E-state index is 5.02. The topological polar surface area (TPSA) is 64.7 Å². The predicted octanol–water partition coefficient (Wildman–Crippen LogP) is 3.87. The summed E-state index contributed by atoms with van der Waals surface area (Å²) in [6, 6.07) is 9.19. The second kappa shape index (κ2) is 6.02. The molecule has 0 amide bonds. The summed E-state index contributed by atoms with van der Waals surface area (Å²) >= 11 is 0. The molecule has 4 heterocycles. The highest BCUT2D eigenvalue weighted by atomic mass is 15.3. The molecule has 1 saturated heterocycles. The average molecular weight is 373 g/mol. The Kier molecular flexibility index (Phi) is 3.45. The number of aryl methyl sites for hydroxylation is 1. The van der Waals surface area contributed by atoms with E-state index in [0.717, 1.165) is 54.3 Å². The van der Waals surface area contributed by atoms with Gasteiger partial charge in [0.15, 0.2) is 17.0 Å². The van der Waals surface area contributed by atoms with E-state index in [0.29, 0.717) is 6.04 Å². The summed E-state index contributed by atoms with van der Waals surface area (Å²) in [6.07, 6.45) is 8.28. The molecule has 142 valence electrons. The monoisotopic (exact) mass is 373 g/mol. The van der Waals surface area contributed by atoms with E-state index in [9.17, 15) is 0 Å². The van der Waals surface area contributed by atoms with Gasteiger partial charge in [0.2, 0.25) is 0 Å². The smallest absolute Gasteiger partial charge is 0.165 e. The van der Waals surface area contributed by atoms with Crippen molar-refractivity contribution in [2.45, 2.75) is 51.2 Å². The Morgan fingerprint density at radius 2 is 1.96 bits per heavy atom. The van der Waals surface area contributed by atoms with Gasteiger partial charge in [-0.15, -0.1) is 0 Å². The van der Waals surface area contributed by atoms with Crippen molar-refractivity contribution in [3.63, 3.8) is 0 Å². The van der Waals surface area contributed by atoms with Crippen molar-refractivity contribution >= 4 is 28.0 Å². The lowest BCUT2D eigenvalue weighted by molar-refractivity contribution is 0.606. The van der Waals surface area contributed by atoms with Gasteiger partial charge < -0.3 is 14.0 Å². The van der Waals surface area contributed by atoms with Gasteiger partial charge in [-0.2, -0.15) is 0 Å². The number of hydrogen-bond donors (Lipinski definition) is 0. The van der Waals surface area contributed by atoms with Crippen LogP contribution in [0.2, 0.25) is 0 Å². The van der Waals surface area contributed by atoms with Crippen LogP contribution >= 0.6 is 0 Å². The van der Waals surface area contributed by atoms with Gasteiger partial charge in [0.25, 0.3) is 0 Å². The van der Waals surface area contributed by atoms with E-state index in [1.807, 2.05) is 6.33 Å². The largest absolute Gasteiger partial charge is 0.344 e. The number of para-hydroxylation sites is 2. The SMILES string of the molecule is CCn1c(C2CCCN2c2ncnc3c2ncn3C2CC2)nc2ccccc21. The van der Waals surface area contributed by atoms with Crippen molar-refractivity contribution < 1.29 is 0 Å². The van der Waals surface area contributed by atoms with Gasteiger partial charge >= 0.3 is 0 Å². The molecular weight excluding hydrogens is 350 g/mol. The summed E-state index contributed by atoms with van der Waals surface area (Å²) in [6.45, 7) is 4.08. The van der Waals surface area contributed by atoms with Crippen molar-refractivity contribution in [1.29, 1.82) is 0 Å². The number of rotatable bonds is 4. The molecule has 0 spiro atoms. The van der Waals surface area contributed by atoms with Crippen LogP contribution in [0.25, 0.3) is 22.2 Å². The normalized spacial score (nSPS) is 19.9. The Balaban J connectivity index is 1.47. The summed E-state index contributed by atoms with van der Waals surface area (Å²) < 4.78 is 4.56. The van der Waals surface area contributed by atoms with Crippen LogP contribution in [0.4, 0.5) is 5.82 Å². The minimum atomic E-state index is 0.219. The fraction of sp³-hybridized carbons (Fsp3) is 0.429. The number of aromatic nitrogens is 6. The molecular formula is C21H23N7. The molecule has 1 unspecified atom stereocenters. The third-order valence-corrected chi connectivity index (χ3v) is 6.10. The number of hydrogen-bond acceptors (Lipinski definition) is 5. The fourth-order valence-electron chi connectivity index (χ4n) is 4.64. The molecule has 7 heteroatoms. The number of benzene rings is 1. The number of nitrogens with zero attached hydrogens (tertiary/aromatic N) is 7. The van der Waals surface area contributed by atoms with E-state index < -0.39 is 0 Å². The minimum Gasteiger partial charge on any atom is -0.344 e. The van der Waals surface area contributed by atoms with Crippen molar-refractivity contribution in [1.82, 2.24) is 29.1 Å². The van der Waals surface area contributed by atoms with Crippen LogP contribution in [0, 0.1) is 0 Å². The van der Waals surface area contributed by atoms with Gasteiger partial charge in [0, 0.05) is 19.1 Å². The molecule has 1 aliphatic carbocycles. The van der Waals surface area contributed by atoms with E-state index in [-0.39, 0.29) is 6.04 Å². The molecule has 28 heavy (non-hydrogen) atoms. The highest BCUT2D eigenvalue weighted by Gasteiger charge is 2.34. The Hall–Kier alpha value is -2.96. The van der Waals surface area contributed by atoms with Crippen LogP contribution in [0.1, 0.15) is 50.5 Å². The van der Waals surface area contributed by atoms with Gasteiger partial charge in [-0.1, -0.05) is 12.1 Å². The summed E-state index contributed by atoms with van der Waals surface area (Å²) in [7, 11) is 0. The van der Waals surface area contributed by atoms with Crippen LogP contribution in [0.15, 0.2) is 36.9 Å². The fourth-order valence-corrected chi connectivity index (χ4v) is 4.64. The molecule has 0 N–H and O–H groups in total. The maximum absolute atomic E-state index is 5.02. The molecule has 2 fully saturated rings. The molecule has 1 aliphatic heterocycles. The second-order valence-electron chi connectivity index (χ2n) is 7.81. The van der Waals surface area contributed by atoms with E-state index in [1.165, 1.54) is 18.4 Å². The Morgan fingerprint density at radius 1 is 1.07 bits per heavy atom. The van der Waals surface area contributed by atoms with Gasteiger partial charge in [-0.25, -0.2) is 19.9 Å². The second-order valence-corrected chi connectivity index (χ2v) is 7.81. The van der Waals surface area contributed by atoms with E-state index >= 15 is 0 Å². The summed E-state index contributed by atoms with van der Waals surface area (Å²) in [5, 5.41) is 0. The zero-order valence-corrected chi connectivity index (χ0v) is 16.0. The first kappa shape index (κ1) is 16.0. The third-order valence-electron chi connectivity index (χ3n) is 6.10. The number of fused-ring (bicyclic) bond motifs is 2. The van der Waals surface area contributed by atoms with Crippen molar-refractivity contribution in [2.75, 3.05) is 11.4 Å². The zero-order valence-electron chi connectivity index (χ0n) is 16.0. The molecule has 6 rings (SSSR count). The van der Waals surface area contributed by atoms with Gasteiger partial charge in [-0.05, 0) is 44.7 Å². The van der Waals surface area contributed by atoms with Gasteiger partial charge in [0.1, 0.15) is 12.2 Å². The first-order valence-electron chi connectivity index (χ1n) is 10.2. The molecule has 2 aliphatic rings. The number of imidazole rings is 2. The lowest BCUT2D eigenvalue weighted by Crippen LogP contribution is -2.26. The molecule has 7 nitrogen and oxygen atoms in total. The number of anilines is 1. The molecule has 3 aromatic heterocycles.